The Morgan fingerprint density at radius 1 is 1.17 bits per heavy atom. The highest BCUT2D eigenvalue weighted by Gasteiger charge is 2.27. The van der Waals surface area contributed by atoms with E-state index in [4.69, 9.17) is 4.74 Å². The Balaban J connectivity index is 1.64. The van der Waals surface area contributed by atoms with Crippen LogP contribution >= 0.6 is 0 Å². The summed E-state index contributed by atoms with van der Waals surface area (Å²) in [6, 6.07) is 5.96. The van der Waals surface area contributed by atoms with Crippen molar-refractivity contribution in [1.29, 1.82) is 0 Å². The van der Waals surface area contributed by atoms with Crippen LogP contribution < -0.4 is 9.64 Å². The summed E-state index contributed by atoms with van der Waals surface area (Å²) in [5.41, 5.74) is 0.886. The Kier molecular flexibility index (Phi) is 3.53. The summed E-state index contributed by atoms with van der Waals surface area (Å²) in [7, 11) is 1.63. The molecule has 1 unspecified atom stereocenters. The molecule has 0 aromatic carbocycles. The standard InChI is InChI=1S/C16H18N6O/c1-23-16-15(17-7-8-18-16)21-9-4-5-12(11-21)14-20-19-13-6-2-3-10-22(13)14/h2-3,6-8,10,12H,4-5,9,11H2,1H3. The molecule has 4 heterocycles. The van der Waals surface area contributed by atoms with Crippen molar-refractivity contribution in [3.63, 3.8) is 0 Å². The van der Waals surface area contributed by atoms with Crippen molar-refractivity contribution < 1.29 is 4.74 Å². The number of fused-ring (bicyclic) bond motifs is 1. The van der Waals surface area contributed by atoms with E-state index in [2.05, 4.69) is 29.5 Å². The van der Waals surface area contributed by atoms with Crippen LogP contribution in [0, 0.1) is 0 Å². The maximum atomic E-state index is 5.35. The maximum Gasteiger partial charge on any atom is 0.257 e. The molecule has 1 aliphatic rings. The lowest BCUT2D eigenvalue weighted by Crippen LogP contribution is -2.36. The molecule has 0 bridgehead atoms. The average molecular weight is 310 g/mol. The SMILES string of the molecule is COc1nccnc1N1CCCC(c2nnc3ccccn23)C1. The second kappa shape index (κ2) is 5.83. The predicted molar refractivity (Wildman–Crippen MR) is 85.8 cm³/mol. The van der Waals surface area contributed by atoms with Crippen LogP contribution in [0.2, 0.25) is 0 Å². The fourth-order valence-corrected chi connectivity index (χ4v) is 3.20. The third kappa shape index (κ3) is 2.48. The Morgan fingerprint density at radius 2 is 2.09 bits per heavy atom. The molecule has 0 aliphatic carbocycles. The number of hydrogen-bond donors (Lipinski definition) is 0. The molecule has 1 fully saturated rings. The van der Waals surface area contributed by atoms with Gasteiger partial charge in [0.1, 0.15) is 5.82 Å². The zero-order chi connectivity index (χ0) is 15.6. The number of aromatic nitrogens is 5. The summed E-state index contributed by atoms with van der Waals surface area (Å²) in [5, 5.41) is 8.68. The lowest BCUT2D eigenvalue weighted by molar-refractivity contribution is 0.391. The smallest absolute Gasteiger partial charge is 0.257 e. The van der Waals surface area contributed by atoms with Crippen LogP contribution in [0.15, 0.2) is 36.8 Å². The largest absolute Gasteiger partial charge is 0.478 e. The molecule has 3 aromatic heterocycles. The lowest BCUT2D eigenvalue weighted by atomic mass is 9.97. The first kappa shape index (κ1) is 13.9. The Morgan fingerprint density at radius 3 is 3.00 bits per heavy atom. The summed E-state index contributed by atoms with van der Waals surface area (Å²) in [6.07, 6.45) is 7.54. The van der Waals surface area contributed by atoms with Gasteiger partial charge in [0.25, 0.3) is 5.88 Å². The van der Waals surface area contributed by atoms with Gasteiger partial charge >= 0.3 is 0 Å². The second-order valence-corrected chi connectivity index (χ2v) is 5.66. The molecule has 1 saturated heterocycles. The summed E-state index contributed by atoms with van der Waals surface area (Å²) in [4.78, 5) is 10.9. The molecule has 0 spiro atoms. The molecular formula is C16H18N6O. The highest BCUT2D eigenvalue weighted by atomic mass is 16.5. The minimum absolute atomic E-state index is 0.313. The van der Waals surface area contributed by atoms with E-state index in [0.717, 1.165) is 43.2 Å². The van der Waals surface area contributed by atoms with Crippen molar-refractivity contribution in [2.24, 2.45) is 0 Å². The number of anilines is 1. The molecule has 3 aromatic rings. The van der Waals surface area contributed by atoms with Crippen molar-refractivity contribution in [3.8, 4) is 5.88 Å². The van der Waals surface area contributed by atoms with Crippen molar-refractivity contribution in [2.75, 3.05) is 25.1 Å². The third-order valence-electron chi connectivity index (χ3n) is 4.27. The van der Waals surface area contributed by atoms with Crippen LogP contribution in [0.5, 0.6) is 5.88 Å². The average Bonchev–Trinajstić information content (AvgIpc) is 3.06. The molecule has 1 atom stereocenters. The first-order valence-electron chi connectivity index (χ1n) is 7.76. The van der Waals surface area contributed by atoms with E-state index in [1.807, 2.05) is 24.4 Å². The van der Waals surface area contributed by atoms with Gasteiger partial charge in [-0.25, -0.2) is 9.97 Å². The van der Waals surface area contributed by atoms with E-state index < -0.39 is 0 Å². The molecule has 0 N–H and O–H groups in total. The highest BCUT2D eigenvalue weighted by molar-refractivity contribution is 5.48. The van der Waals surface area contributed by atoms with Crippen molar-refractivity contribution in [3.05, 3.63) is 42.6 Å². The van der Waals surface area contributed by atoms with Gasteiger partial charge < -0.3 is 9.64 Å². The molecule has 118 valence electrons. The number of methoxy groups -OCH3 is 1. The molecule has 0 amide bonds. The van der Waals surface area contributed by atoms with E-state index in [1.54, 1.807) is 19.5 Å². The minimum atomic E-state index is 0.313. The number of piperidine rings is 1. The van der Waals surface area contributed by atoms with E-state index in [9.17, 15) is 0 Å². The minimum Gasteiger partial charge on any atom is -0.478 e. The van der Waals surface area contributed by atoms with Gasteiger partial charge in [0, 0.05) is 37.6 Å². The monoisotopic (exact) mass is 310 g/mol. The normalized spacial score (nSPS) is 18.3. The molecule has 4 rings (SSSR count). The fraction of sp³-hybridized carbons (Fsp3) is 0.375. The first-order valence-corrected chi connectivity index (χ1v) is 7.76. The zero-order valence-corrected chi connectivity index (χ0v) is 13.0. The quantitative estimate of drug-likeness (QED) is 0.736. The Labute approximate surface area is 134 Å². The number of hydrogen-bond acceptors (Lipinski definition) is 6. The molecule has 0 radical (unpaired) electrons. The predicted octanol–water partition coefficient (Wildman–Crippen LogP) is 1.91. The van der Waals surface area contributed by atoms with Gasteiger partial charge in [0.2, 0.25) is 0 Å². The van der Waals surface area contributed by atoms with Crippen molar-refractivity contribution in [2.45, 2.75) is 18.8 Å². The molecule has 7 heteroatoms. The number of ether oxygens (including phenoxy) is 1. The second-order valence-electron chi connectivity index (χ2n) is 5.66. The highest BCUT2D eigenvalue weighted by Crippen LogP contribution is 2.31. The van der Waals surface area contributed by atoms with Crippen LogP contribution in [-0.2, 0) is 0 Å². The van der Waals surface area contributed by atoms with E-state index >= 15 is 0 Å². The van der Waals surface area contributed by atoms with Crippen molar-refractivity contribution in [1.82, 2.24) is 24.6 Å². The number of rotatable bonds is 3. The Bertz CT molecular complexity index is 817. The van der Waals surface area contributed by atoms with Gasteiger partial charge in [-0.15, -0.1) is 10.2 Å². The van der Waals surface area contributed by atoms with Gasteiger partial charge in [-0.3, -0.25) is 4.40 Å². The van der Waals surface area contributed by atoms with Gasteiger partial charge in [-0.1, -0.05) is 6.07 Å². The van der Waals surface area contributed by atoms with Crippen LogP contribution in [0.1, 0.15) is 24.6 Å². The summed E-state index contributed by atoms with van der Waals surface area (Å²) < 4.78 is 7.42. The van der Waals surface area contributed by atoms with E-state index in [-0.39, 0.29) is 0 Å². The van der Waals surface area contributed by atoms with Crippen LogP contribution in [0.3, 0.4) is 0 Å². The van der Waals surface area contributed by atoms with Crippen LogP contribution in [0.25, 0.3) is 5.65 Å². The molecular weight excluding hydrogens is 292 g/mol. The van der Waals surface area contributed by atoms with Crippen LogP contribution in [-0.4, -0.2) is 44.8 Å². The van der Waals surface area contributed by atoms with E-state index in [1.165, 1.54) is 0 Å². The summed E-state index contributed by atoms with van der Waals surface area (Å²) >= 11 is 0. The number of nitrogens with zero attached hydrogens (tertiary/aromatic N) is 6. The Hall–Kier alpha value is -2.70. The first-order chi connectivity index (χ1) is 11.4. The summed E-state index contributed by atoms with van der Waals surface area (Å²) in [5.74, 6) is 2.69. The van der Waals surface area contributed by atoms with Gasteiger partial charge in [0.05, 0.1) is 7.11 Å². The van der Waals surface area contributed by atoms with Gasteiger partial charge in [-0.2, -0.15) is 0 Å². The molecule has 0 saturated carbocycles. The van der Waals surface area contributed by atoms with Gasteiger partial charge in [-0.05, 0) is 25.0 Å². The third-order valence-corrected chi connectivity index (χ3v) is 4.27. The van der Waals surface area contributed by atoms with Gasteiger partial charge in [0.15, 0.2) is 11.5 Å². The lowest BCUT2D eigenvalue weighted by Gasteiger charge is -2.33. The topological polar surface area (TPSA) is 68.4 Å². The molecule has 7 nitrogen and oxygen atoms in total. The van der Waals surface area contributed by atoms with Crippen LogP contribution in [0.4, 0.5) is 5.82 Å². The summed E-state index contributed by atoms with van der Waals surface area (Å²) in [6.45, 7) is 1.78. The van der Waals surface area contributed by atoms with Crippen molar-refractivity contribution >= 4 is 11.5 Å². The molecule has 1 aliphatic heterocycles. The molecule has 23 heavy (non-hydrogen) atoms. The maximum absolute atomic E-state index is 5.35. The van der Waals surface area contributed by atoms with E-state index in [0.29, 0.717) is 11.8 Å². The zero-order valence-electron chi connectivity index (χ0n) is 13.0. The fourth-order valence-electron chi connectivity index (χ4n) is 3.20. The number of pyridine rings is 1.